The van der Waals surface area contributed by atoms with Crippen LogP contribution in [0.2, 0.25) is 0 Å². The van der Waals surface area contributed by atoms with Crippen molar-refractivity contribution in [1.82, 2.24) is 0 Å². The summed E-state index contributed by atoms with van der Waals surface area (Å²) >= 11 is 11.8. The van der Waals surface area contributed by atoms with Gasteiger partial charge in [-0.2, -0.15) is 0 Å². The lowest BCUT2D eigenvalue weighted by molar-refractivity contribution is -0.136. The molecule has 2 aromatic rings. The molecule has 0 radical (unpaired) electrons. The van der Waals surface area contributed by atoms with Crippen LogP contribution < -0.4 is 0 Å². The maximum absolute atomic E-state index is 10.5. The molecule has 2 aromatic carbocycles. The smallest absolute Gasteiger partial charge is 0.307 e. The van der Waals surface area contributed by atoms with E-state index in [4.69, 9.17) is 16.7 Å². The van der Waals surface area contributed by atoms with Crippen LogP contribution in [-0.2, 0) is 22.4 Å². The zero-order valence-corrected chi connectivity index (χ0v) is 15.4. The fourth-order valence-corrected chi connectivity index (χ4v) is 2.22. The third kappa shape index (κ3) is 8.32. The van der Waals surface area contributed by atoms with Crippen molar-refractivity contribution >= 4 is 54.7 Å². The molecule has 0 fully saturated rings. The Morgan fingerprint density at radius 3 is 1.50 bits per heavy atom. The SMILES string of the molecule is O=C(Cl)Cc1ccc(Br)cc1.O=C(O)Cc1ccc(Br)cc1. The zero-order chi connectivity index (χ0) is 16.5. The van der Waals surface area contributed by atoms with Crippen LogP contribution in [0.25, 0.3) is 0 Å². The molecule has 0 aliphatic heterocycles. The van der Waals surface area contributed by atoms with Crippen LogP contribution >= 0.6 is 43.5 Å². The largest absolute Gasteiger partial charge is 0.481 e. The van der Waals surface area contributed by atoms with Crippen LogP contribution in [0.3, 0.4) is 0 Å². The van der Waals surface area contributed by atoms with Gasteiger partial charge in [-0.05, 0) is 47.0 Å². The topological polar surface area (TPSA) is 54.4 Å². The molecule has 6 heteroatoms. The minimum absolute atomic E-state index is 0.0906. The molecule has 0 aliphatic rings. The molecule has 0 amide bonds. The van der Waals surface area contributed by atoms with Gasteiger partial charge in [0.2, 0.25) is 5.24 Å². The summed E-state index contributed by atoms with van der Waals surface area (Å²) in [5.41, 5.74) is 1.76. The minimum atomic E-state index is -0.799. The highest BCUT2D eigenvalue weighted by molar-refractivity contribution is 9.10. The highest BCUT2D eigenvalue weighted by Crippen LogP contribution is 2.11. The Hall–Kier alpha value is -1.17. The van der Waals surface area contributed by atoms with E-state index >= 15 is 0 Å². The first kappa shape index (κ1) is 18.9. The second kappa shape index (κ2) is 9.77. The Morgan fingerprint density at radius 2 is 1.18 bits per heavy atom. The van der Waals surface area contributed by atoms with Crippen molar-refractivity contribution in [3.63, 3.8) is 0 Å². The Bertz CT molecular complexity index is 567. The Kier molecular flexibility index (Phi) is 8.38. The molecule has 3 nitrogen and oxygen atoms in total. The number of carboxylic acids is 1. The number of carboxylic acid groups (broad SMARTS) is 1. The van der Waals surface area contributed by atoms with Crippen LogP contribution in [0.15, 0.2) is 57.5 Å². The van der Waals surface area contributed by atoms with Crippen molar-refractivity contribution in [2.75, 3.05) is 0 Å². The molecule has 0 aromatic heterocycles. The average molecular weight is 449 g/mol. The van der Waals surface area contributed by atoms with Crippen LogP contribution in [0.5, 0.6) is 0 Å². The van der Waals surface area contributed by atoms with Crippen molar-refractivity contribution < 1.29 is 14.7 Å². The highest BCUT2D eigenvalue weighted by atomic mass is 79.9. The van der Waals surface area contributed by atoms with E-state index in [1.54, 1.807) is 12.1 Å². The average Bonchev–Trinajstić information content (AvgIpc) is 2.44. The fraction of sp³-hybridized carbons (Fsp3) is 0.125. The molecule has 2 rings (SSSR count). The Labute approximate surface area is 150 Å². The first-order valence-corrected chi connectivity index (χ1v) is 8.22. The van der Waals surface area contributed by atoms with E-state index in [0.717, 1.165) is 20.1 Å². The third-order valence-electron chi connectivity index (χ3n) is 2.52. The summed E-state index contributed by atoms with van der Waals surface area (Å²) in [5.74, 6) is -0.799. The fourth-order valence-electron chi connectivity index (χ4n) is 1.54. The van der Waals surface area contributed by atoms with Gasteiger partial charge in [-0.25, -0.2) is 0 Å². The van der Waals surface area contributed by atoms with Crippen LogP contribution in [0.1, 0.15) is 11.1 Å². The molecule has 116 valence electrons. The number of hydrogen-bond donors (Lipinski definition) is 1. The van der Waals surface area contributed by atoms with Crippen molar-refractivity contribution in [1.29, 1.82) is 0 Å². The maximum Gasteiger partial charge on any atom is 0.307 e. The quantitative estimate of drug-likeness (QED) is 0.682. The number of benzene rings is 2. The van der Waals surface area contributed by atoms with E-state index in [1.807, 2.05) is 36.4 Å². The monoisotopic (exact) mass is 446 g/mol. The molecule has 1 N–H and O–H groups in total. The lowest BCUT2D eigenvalue weighted by Gasteiger charge is -1.95. The number of rotatable bonds is 4. The van der Waals surface area contributed by atoms with Gasteiger partial charge in [0.15, 0.2) is 0 Å². The molecule has 0 heterocycles. The first-order valence-electron chi connectivity index (χ1n) is 6.26. The van der Waals surface area contributed by atoms with Crippen LogP contribution in [0, 0.1) is 0 Å². The number of carbonyl (C=O) groups excluding carboxylic acids is 1. The minimum Gasteiger partial charge on any atom is -0.481 e. The summed E-state index contributed by atoms with van der Waals surface area (Å²) < 4.78 is 1.97. The summed E-state index contributed by atoms with van der Waals surface area (Å²) in [4.78, 5) is 20.7. The van der Waals surface area contributed by atoms with Crippen molar-refractivity contribution in [3.05, 3.63) is 68.6 Å². The van der Waals surface area contributed by atoms with Crippen LogP contribution in [-0.4, -0.2) is 16.3 Å². The summed E-state index contributed by atoms with van der Waals surface area (Å²) in [6.07, 6.45) is 0.391. The maximum atomic E-state index is 10.5. The van der Waals surface area contributed by atoms with Gasteiger partial charge in [-0.1, -0.05) is 56.1 Å². The normalized spacial score (nSPS) is 9.59. The van der Waals surface area contributed by atoms with E-state index in [0.29, 0.717) is 6.42 Å². The molecule has 0 saturated heterocycles. The third-order valence-corrected chi connectivity index (χ3v) is 3.72. The molecule has 0 spiro atoms. The van der Waals surface area contributed by atoms with Gasteiger partial charge >= 0.3 is 5.97 Å². The Morgan fingerprint density at radius 1 is 0.818 bits per heavy atom. The summed E-state index contributed by atoms with van der Waals surface area (Å²) in [6.45, 7) is 0. The highest BCUT2D eigenvalue weighted by Gasteiger charge is 1.98. The van der Waals surface area contributed by atoms with E-state index in [1.165, 1.54) is 0 Å². The number of aliphatic carboxylic acids is 1. The van der Waals surface area contributed by atoms with Gasteiger partial charge in [0.05, 0.1) is 6.42 Å². The van der Waals surface area contributed by atoms with Gasteiger partial charge in [-0.15, -0.1) is 0 Å². The standard InChI is InChI=1S/C8H6BrClO.C8H7BrO2/c2*9-7-3-1-6(2-4-7)5-8(10)11/h1-4H,5H2;1-4H,5H2,(H,10,11). The Balaban J connectivity index is 0.000000220. The number of halogens is 3. The van der Waals surface area contributed by atoms with E-state index < -0.39 is 5.97 Å². The molecule has 0 bridgehead atoms. The molecular formula is C16H13Br2ClO3. The number of carbonyl (C=O) groups is 2. The summed E-state index contributed by atoms with van der Waals surface area (Å²) in [5, 5.41) is 8.10. The molecule has 0 aliphatic carbocycles. The van der Waals surface area contributed by atoms with Gasteiger partial charge in [0.25, 0.3) is 0 Å². The second-order valence-corrected chi connectivity index (χ2v) is 6.61. The van der Waals surface area contributed by atoms with E-state index in [-0.39, 0.29) is 11.7 Å². The molecule has 0 unspecified atom stereocenters. The summed E-state index contributed by atoms with van der Waals surface area (Å²) in [6, 6.07) is 14.7. The van der Waals surface area contributed by atoms with Crippen molar-refractivity contribution in [3.8, 4) is 0 Å². The predicted octanol–water partition coefficient (Wildman–Crippen LogP) is 4.83. The molecule has 0 atom stereocenters. The van der Waals surface area contributed by atoms with Crippen LogP contribution in [0.4, 0.5) is 0 Å². The molecular weight excluding hydrogens is 435 g/mol. The molecule has 22 heavy (non-hydrogen) atoms. The first-order chi connectivity index (χ1) is 10.4. The lowest BCUT2D eigenvalue weighted by Crippen LogP contribution is -1.99. The lowest BCUT2D eigenvalue weighted by atomic mass is 10.2. The zero-order valence-electron chi connectivity index (χ0n) is 11.4. The van der Waals surface area contributed by atoms with Gasteiger partial charge < -0.3 is 5.11 Å². The van der Waals surface area contributed by atoms with E-state index in [9.17, 15) is 9.59 Å². The molecule has 0 saturated carbocycles. The summed E-state index contributed by atoms with van der Waals surface area (Å²) in [7, 11) is 0. The van der Waals surface area contributed by atoms with Gasteiger partial charge in [-0.3, -0.25) is 9.59 Å². The van der Waals surface area contributed by atoms with E-state index in [2.05, 4.69) is 31.9 Å². The van der Waals surface area contributed by atoms with Gasteiger partial charge in [0, 0.05) is 15.4 Å². The van der Waals surface area contributed by atoms with Gasteiger partial charge in [0.1, 0.15) is 0 Å². The van der Waals surface area contributed by atoms with Crippen molar-refractivity contribution in [2.45, 2.75) is 12.8 Å². The predicted molar refractivity (Wildman–Crippen MR) is 94.2 cm³/mol. The second-order valence-electron chi connectivity index (χ2n) is 4.36. The number of hydrogen-bond acceptors (Lipinski definition) is 2. The van der Waals surface area contributed by atoms with Crippen molar-refractivity contribution in [2.24, 2.45) is 0 Å².